The van der Waals surface area contributed by atoms with Crippen molar-refractivity contribution in [3.8, 4) is 0 Å². The minimum atomic E-state index is -1.41. The molecule has 0 heterocycles. The molecule has 0 amide bonds. The zero-order chi connectivity index (χ0) is 27.4. The Morgan fingerprint density at radius 2 is 1.11 bits per heavy atom. The number of carbonyl (C=O) groups excluding carboxylic acids is 4. The van der Waals surface area contributed by atoms with Crippen molar-refractivity contribution < 1.29 is 105 Å². The van der Waals surface area contributed by atoms with Gasteiger partial charge in [-0.15, -0.1) is 0 Å². The Morgan fingerprint density at radius 3 is 1.43 bits per heavy atom. The molecule has 0 atom stereocenters. The van der Waals surface area contributed by atoms with Crippen molar-refractivity contribution in [2.75, 3.05) is 27.4 Å². The summed E-state index contributed by atoms with van der Waals surface area (Å²) in [6, 6.07) is 0. The van der Waals surface area contributed by atoms with Crippen LogP contribution in [0.3, 0.4) is 0 Å². The molecule has 200 valence electrons. The van der Waals surface area contributed by atoms with Crippen LogP contribution in [0.1, 0.15) is 80.1 Å². The number of ether oxygens (including phenoxy) is 4. The van der Waals surface area contributed by atoms with E-state index in [4.69, 9.17) is 14.6 Å². The first kappa shape index (κ1) is 41.2. The number of methoxy groups -OCH3 is 2. The minimum Gasteiger partial charge on any atom is -0.550 e. The van der Waals surface area contributed by atoms with Gasteiger partial charge < -0.3 is 34.0 Å². The fourth-order valence-corrected chi connectivity index (χ4v) is 1.84. The van der Waals surface area contributed by atoms with Gasteiger partial charge in [0.05, 0.1) is 36.8 Å². The summed E-state index contributed by atoms with van der Waals surface area (Å²) in [5.74, 6) is -3.48. The third kappa shape index (κ3) is 33.1. The fourth-order valence-electron chi connectivity index (χ4n) is 1.84. The van der Waals surface area contributed by atoms with Crippen LogP contribution in [-0.2, 0) is 42.9 Å². The molecule has 0 aliphatic heterocycles. The largest absolute Gasteiger partial charge is 1.00 e. The summed E-state index contributed by atoms with van der Waals surface area (Å²) in [6.07, 6.45) is 0.891. The van der Waals surface area contributed by atoms with Crippen molar-refractivity contribution in [2.24, 2.45) is 0 Å². The second-order valence-corrected chi connectivity index (χ2v) is 8.20. The van der Waals surface area contributed by atoms with E-state index < -0.39 is 30.3 Å². The van der Waals surface area contributed by atoms with Crippen molar-refractivity contribution in [2.45, 2.75) is 91.3 Å². The summed E-state index contributed by atoms with van der Waals surface area (Å²) < 4.78 is 19.2. The van der Waals surface area contributed by atoms with E-state index in [9.17, 15) is 29.1 Å². The Bertz CT molecular complexity index is 631. The van der Waals surface area contributed by atoms with E-state index in [1.165, 1.54) is 0 Å². The topological polar surface area (TPSA) is 166 Å². The molecular weight excluding hydrogens is 491 g/mol. The predicted molar refractivity (Wildman–Crippen MR) is 121 cm³/mol. The Balaban J connectivity index is -0.000000212. The third-order valence-electron chi connectivity index (χ3n) is 4.29. The number of hydrogen-bond donors (Lipinski definition) is 1. The fraction of sp³-hybridized carbons (Fsp3) is 0.783. The average molecular weight is 533 g/mol. The molecule has 0 spiro atoms. The summed E-state index contributed by atoms with van der Waals surface area (Å²) >= 11 is 0. The molecule has 1 N–H and O–H groups in total. The smallest absolute Gasteiger partial charge is 0.550 e. The molecule has 0 bridgehead atoms. The van der Waals surface area contributed by atoms with Gasteiger partial charge in [-0.1, -0.05) is 0 Å². The second kappa shape index (κ2) is 23.5. The number of rotatable bonds is 14. The molecule has 0 aromatic rings. The standard InChI is InChI=1S/C11H20O4.C7H14O3.C5H8O4.K/c1-5-15-10(13)8-9(12)6-7-11(2,3)14-4;1-7(2,10-3)5-4-6(8)9;1-2-9-5(8)3-4(6)7;/h5-8H2,1-4H3;4-5H2,1-3H3,(H,8,9);2-3H2,1H3,(H,6,7);/q;;;+1/p-1. The molecule has 0 saturated carbocycles. The van der Waals surface area contributed by atoms with Crippen molar-refractivity contribution >= 4 is 29.7 Å². The van der Waals surface area contributed by atoms with Crippen LogP contribution in [0.2, 0.25) is 0 Å². The molecule has 0 aromatic heterocycles. The SMILES string of the molecule is CCOC(=O)CC(=O)CCC(C)(C)OC.CCOC(=O)CC(=O)[O-].COC(C)(C)CCC(=O)O.[K+]. The molecule has 0 saturated heterocycles. The van der Waals surface area contributed by atoms with Crippen LogP contribution >= 0.6 is 0 Å². The van der Waals surface area contributed by atoms with Crippen LogP contribution in [0.4, 0.5) is 0 Å². The molecule has 0 aromatic carbocycles. The monoisotopic (exact) mass is 532 g/mol. The van der Waals surface area contributed by atoms with Crippen LogP contribution in [0.5, 0.6) is 0 Å². The van der Waals surface area contributed by atoms with Crippen LogP contribution < -0.4 is 56.5 Å². The van der Waals surface area contributed by atoms with Crippen molar-refractivity contribution in [1.29, 1.82) is 0 Å². The number of esters is 2. The van der Waals surface area contributed by atoms with Crippen molar-refractivity contribution in [3.63, 3.8) is 0 Å². The van der Waals surface area contributed by atoms with Gasteiger partial charge in [0.2, 0.25) is 0 Å². The number of carbonyl (C=O) groups is 5. The van der Waals surface area contributed by atoms with Crippen molar-refractivity contribution in [3.05, 3.63) is 0 Å². The van der Waals surface area contributed by atoms with Gasteiger partial charge in [0.1, 0.15) is 12.2 Å². The maximum Gasteiger partial charge on any atom is 1.00 e. The zero-order valence-corrected chi connectivity index (χ0v) is 25.8. The first-order valence-electron chi connectivity index (χ1n) is 10.9. The first-order chi connectivity index (χ1) is 15.6. The van der Waals surface area contributed by atoms with Crippen LogP contribution in [0, 0.1) is 0 Å². The summed E-state index contributed by atoms with van der Waals surface area (Å²) in [7, 11) is 3.19. The second-order valence-electron chi connectivity index (χ2n) is 8.20. The van der Waals surface area contributed by atoms with E-state index in [1.807, 2.05) is 27.7 Å². The number of carboxylic acids is 2. The Labute approximate surface area is 251 Å². The molecular formula is C23H41KO11. The molecule has 0 rings (SSSR count). The minimum absolute atomic E-state index is 0. The summed E-state index contributed by atoms with van der Waals surface area (Å²) in [5, 5.41) is 18.0. The van der Waals surface area contributed by atoms with Gasteiger partial charge in [-0.25, -0.2) is 0 Å². The quantitative estimate of drug-likeness (QED) is 0.160. The first-order valence-corrected chi connectivity index (χ1v) is 10.9. The molecule has 0 aliphatic carbocycles. The van der Waals surface area contributed by atoms with Gasteiger partial charge in [0.25, 0.3) is 0 Å². The average Bonchev–Trinajstić information content (AvgIpc) is 2.72. The number of hydrogen-bond acceptors (Lipinski definition) is 10. The maximum atomic E-state index is 11.3. The van der Waals surface area contributed by atoms with Gasteiger partial charge in [-0.2, -0.15) is 0 Å². The molecule has 0 radical (unpaired) electrons. The summed E-state index contributed by atoms with van der Waals surface area (Å²) in [4.78, 5) is 52.3. The molecule has 35 heavy (non-hydrogen) atoms. The Morgan fingerprint density at radius 1 is 0.743 bits per heavy atom. The van der Waals surface area contributed by atoms with Crippen molar-refractivity contribution in [1.82, 2.24) is 0 Å². The Hall–Kier alpha value is -0.894. The van der Waals surface area contributed by atoms with Crippen LogP contribution in [0.25, 0.3) is 0 Å². The molecule has 11 nitrogen and oxygen atoms in total. The predicted octanol–water partition coefficient (Wildman–Crippen LogP) is -1.32. The van der Waals surface area contributed by atoms with Crippen LogP contribution in [-0.4, -0.2) is 73.4 Å². The Kier molecular flexibility index (Phi) is 27.7. The van der Waals surface area contributed by atoms with E-state index in [1.54, 1.807) is 28.1 Å². The zero-order valence-electron chi connectivity index (χ0n) is 22.7. The van der Waals surface area contributed by atoms with E-state index in [2.05, 4.69) is 9.47 Å². The van der Waals surface area contributed by atoms with E-state index >= 15 is 0 Å². The maximum absolute atomic E-state index is 11.3. The van der Waals surface area contributed by atoms with Gasteiger partial charge in [-0.05, 0) is 54.4 Å². The van der Waals surface area contributed by atoms with E-state index in [0.29, 0.717) is 25.9 Å². The normalized spacial score (nSPS) is 10.3. The number of carboxylic acid groups (broad SMARTS) is 2. The van der Waals surface area contributed by atoms with E-state index in [0.717, 1.165) is 0 Å². The van der Waals surface area contributed by atoms with Gasteiger partial charge in [0, 0.05) is 27.1 Å². The van der Waals surface area contributed by atoms with Gasteiger partial charge in [0.15, 0.2) is 0 Å². The van der Waals surface area contributed by atoms with Gasteiger partial charge >= 0.3 is 69.3 Å². The van der Waals surface area contributed by atoms with E-state index in [-0.39, 0.29) is 87.8 Å². The van der Waals surface area contributed by atoms with Crippen LogP contribution in [0.15, 0.2) is 0 Å². The molecule has 12 heteroatoms. The summed E-state index contributed by atoms with van der Waals surface area (Å²) in [5.41, 5.74) is -0.622. The van der Waals surface area contributed by atoms with Gasteiger partial charge in [-0.3, -0.25) is 19.2 Å². The molecule has 0 unspecified atom stereocenters. The molecule has 0 aliphatic rings. The third-order valence-corrected chi connectivity index (χ3v) is 4.29. The number of Topliss-reactive ketones (excluding diaryl/α,β-unsaturated/α-hetero) is 1. The number of ketones is 1. The summed E-state index contributed by atoms with van der Waals surface area (Å²) in [6.45, 7) is 11.4. The molecule has 0 fully saturated rings. The number of aliphatic carboxylic acids is 2.